The average molecular weight is 312 g/mol. The van der Waals surface area contributed by atoms with Crippen LogP contribution in [0.1, 0.15) is 24.0 Å². The van der Waals surface area contributed by atoms with Gasteiger partial charge in [0.25, 0.3) is 0 Å². The highest BCUT2D eigenvalue weighted by molar-refractivity contribution is 7.89. The molecule has 1 aromatic rings. The number of rotatable bonds is 6. The molecule has 0 radical (unpaired) electrons. The number of methoxy groups -OCH3 is 1. The number of hydrogen-bond donors (Lipinski definition) is 2. The molecule has 0 aliphatic carbocycles. The first-order valence-corrected chi connectivity index (χ1v) is 8.68. The van der Waals surface area contributed by atoms with Crippen molar-refractivity contribution in [1.82, 2.24) is 10.0 Å². The Morgan fingerprint density at radius 1 is 1.38 bits per heavy atom. The second kappa shape index (κ2) is 6.44. The van der Waals surface area contributed by atoms with Gasteiger partial charge in [0.15, 0.2) is 0 Å². The van der Waals surface area contributed by atoms with Crippen LogP contribution in [0.4, 0.5) is 0 Å². The molecule has 1 aliphatic rings. The van der Waals surface area contributed by atoms with Crippen molar-refractivity contribution < 1.29 is 13.2 Å². The zero-order chi connectivity index (χ0) is 15.5. The third kappa shape index (κ3) is 3.83. The summed E-state index contributed by atoms with van der Waals surface area (Å²) in [4.78, 5) is 0.346. The summed E-state index contributed by atoms with van der Waals surface area (Å²) in [5.74, 6) is 0. The summed E-state index contributed by atoms with van der Waals surface area (Å²) in [6.07, 6.45) is 1.95. The van der Waals surface area contributed by atoms with Crippen molar-refractivity contribution in [3.05, 3.63) is 29.3 Å². The topological polar surface area (TPSA) is 67.4 Å². The van der Waals surface area contributed by atoms with E-state index in [0.29, 0.717) is 18.0 Å². The molecule has 1 atom stereocenters. The fraction of sp³-hybridized carbons (Fsp3) is 0.600. The lowest BCUT2D eigenvalue weighted by molar-refractivity contribution is 0.122. The second-order valence-corrected chi connectivity index (χ2v) is 7.57. The van der Waals surface area contributed by atoms with Crippen molar-refractivity contribution >= 4 is 10.0 Å². The number of nitrogens with one attached hydrogen (secondary N) is 2. The molecular weight excluding hydrogens is 288 g/mol. The second-order valence-electron chi connectivity index (χ2n) is 5.84. The standard InChI is InChI=1S/C15H24N2O3S/c1-12-5-6-14(13(2)9-12)21(18,19)17-10-15(11-20-3)7-4-8-16-15/h5-6,9,16-17H,4,7-8,10-11H2,1-3H3. The smallest absolute Gasteiger partial charge is 0.240 e. The van der Waals surface area contributed by atoms with Crippen LogP contribution in [0.3, 0.4) is 0 Å². The average Bonchev–Trinajstić information content (AvgIpc) is 2.86. The number of hydrogen-bond acceptors (Lipinski definition) is 4. The summed E-state index contributed by atoms with van der Waals surface area (Å²) in [7, 11) is -1.86. The van der Waals surface area contributed by atoms with Gasteiger partial charge in [0, 0.05) is 13.7 Å². The normalized spacial score (nSPS) is 22.6. The van der Waals surface area contributed by atoms with Gasteiger partial charge in [-0.3, -0.25) is 0 Å². The van der Waals surface area contributed by atoms with Gasteiger partial charge in [-0.15, -0.1) is 0 Å². The molecule has 1 saturated heterocycles. The fourth-order valence-corrected chi connectivity index (χ4v) is 4.23. The lowest BCUT2D eigenvalue weighted by atomic mass is 9.99. The van der Waals surface area contributed by atoms with Gasteiger partial charge in [-0.1, -0.05) is 17.7 Å². The van der Waals surface area contributed by atoms with E-state index >= 15 is 0 Å². The lowest BCUT2D eigenvalue weighted by Crippen LogP contribution is -2.52. The van der Waals surface area contributed by atoms with Gasteiger partial charge in [0.1, 0.15) is 0 Å². The van der Waals surface area contributed by atoms with Crippen LogP contribution in [-0.4, -0.2) is 40.8 Å². The number of aryl methyl sites for hydroxylation is 2. The van der Waals surface area contributed by atoms with E-state index in [1.54, 1.807) is 13.2 Å². The first-order valence-electron chi connectivity index (χ1n) is 7.19. The van der Waals surface area contributed by atoms with E-state index in [1.165, 1.54) is 0 Å². The minimum atomic E-state index is -3.50. The maximum Gasteiger partial charge on any atom is 0.240 e. The van der Waals surface area contributed by atoms with Crippen molar-refractivity contribution in [1.29, 1.82) is 0 Å². The lowest BCUT2D eigenvalue weighted by Gasteiger charge is -2.29. The highest BCUT2D eigenvalue weighted by Gasteiger charge is 2.34. The van der Waals surface area contributed by atoms with Crippen LogP contribution < -0.4 is 10.0 Å². The zero-order valence-corrected chi connectivity index (χ0v) is 13.7. The Morgan fingerprint density at radius 2 is 2.14 bits per heavy atom. The highest BCUT2D eigenvalue weighted by Crippen LogP contribution is 2.21. The summed E-state index contributed by atoms with van der Waals surface area (Å²) in [6.45, 7) is 5.51. The molecule has 0 spiro atoms. The van der Waals surface area contributed by atoms with Crippen molar-refractivity contribution in [2.24, 2.45) is 0 Å². The van der Waals surface area contributed by atoms with Crippen LogP contribution in [0.2, 0.25) is 0 Å². The summed E-state index contributed by atoms with van der Waals surface area (Å²) < 4.78 is 33.0. The Kier molecular flexibility index (Phi) is 5.03. The predicted octanol–water partition coefficient (Wildman–Crippen LogP) is 1.35. The third-order valence-corrected chi connectivity index (χ3v) is 5.53. The highest BCUT2D eigenvalue weighted by atomic mass is 32.2. The largest absolute Gasteiger partial charge is 0.383 e. The molecule has 1 fully saturated rings. The van der Waals surface area contributed by atoms with E-state index in [-0.39, 0.29) is 5.54 Å². The van der Waals surface area contributed by atoms with Crippen molar-refractivity contribution in [3.8, 4) is 0 Å². The molecular formula is C15H24N2O3S. The molecule has 0 amide bonds. The van der Waals surface area contributed by atoms with Crippen LogP contribution >= 0.6 is 0 Å². The molecule has 5 nitrogen and oxygen atoms in total. The van der Waals surface area contributed by atoms with Gasteiger partial charge in [-0.25, -0.2) is 13.1 Å². The van der Waals surface area contributed by atoms with Gasteiger partial charge >= 0.3 is 0 Å². The molecule has 0 aromatic heterocycles. The SMILES string of the molecule is COCC1(CNS(=O)(=O)c2ccc(C)cc2C)CCCN1. The first-order chi connectivity index (χ1) is 9.88. The number of ether oxygens (including phenoxy) is 1. The quantitative estimate of drug-likeness (QED) is 0.832. The minimum Gasteiger partial charge on any atom is -0.383 e. The summed E-state index contributed by atoms with van der Waals surface area (Å²) >= 11 is 0. The molecule has 21 heavy (non-hydrogen) atoms. The van der Waals surface area contributed by atoms with Gasteiger partial charge in [0.05, 0.1) is 17.0 Å². The van der Waals surface area contributed by atoms with E-state index in [2.05, 4.69) is 10.0 Å². The Labute approximate surface area is 127 Å². The van der Waals surface area contributed by atoms with Crippen LogP contribution in [0.5, 0.6) is 0 Å². The maximum absolute atomic E-state index is 12.5. The first kappa shape index (κ1) is 16.4. The van der Waals surface area contributed by atoms with Crippen LogP contribution in [0.15, 0.2) is 23.1 Å². The molecule has 6 heteroatoms. The molecule has 2 N–H and O–H groups in total. The molecule has 1 heterocycles. The van der Waals surface area contributed by atoms with Crippen molar-refractivity contribution in [2.45, 2.75) is 37.1 Å². The summed E-state index contributed by atoms with van der Waals surface area (Å²) in [6, 6.07) is 5.37. The molecule has 0 bridgehead atoms. The van der Waals surface area contributed by atoms with E-state index in [1.807, 2.05) is 26.0 Å². The van der Waals surface area contributed by atoms with Gasteiger partial charge < -0.3 is 10.1 Å². The Balaban J connectivity index is 2.14. The molecule has 1 aliphatic heterocycles. The predicted molar refractivity (Wildman–Crippen MR) is 82.9 cm³/mol. The van der Waals surface area contributed by atoms with E-state index in [4.69, 9.17) is 4.74 Å². The van der Waals surface area contributed by atoms with Crippen molar-refractivity contribution in [3.63, 3.8) is 0 Å². The Hall–Kier alpha value is -0.950. The van der Waals surface area contributed by atoms with Gasteiger partial charge in [-0.05, 0) is 44.9 Å². The number of benzene rings is 1. The summed E-state index contributed by atoms with van der Waals surface area (Å²) in [5.41, 5.74) is 1.53. The molecule has 1 unspecified atom stereocenters. The third-order valence-electron chi connectivity index (χ3n) is 3.97. The monoisotopic (exact) mass is 312 g/mol. The van der Waals surface area contributed by atoms with E-state index < -0.39 is 10.0 Å². The van der Waals surface area contributed by atoms with Crippen molar-refractivity contribution in [2.75, 3.05) is 26.8 Å². The minimum absolute atomic E-state index is 0.291. The van der Waals surface area contributed by atoms with Crippen LogP contribution in [0.25, 0.3) is 0 Å². The molecule has 2 rings (SSSR count). The van der Waals surface area contributed by atoms with Crippen LogP contribution in [-0.2, 0) is 14.8 Å². The Bertz CT molecular complexity index is 593. The van der Waals surface area contributed by atoms with Gasteiger partial charge in [0.2, 0.25) is 10.0 Å². The van der Waals surface area contributed by atoms with Crippen LogP contribution in [0, 0.1) is 13.8 Å². The maximum atomic E-state index is 12.5. The zero-order valence-electron chi connectivity index (χ0n) is 12.9. The molecule has 0 saturated carbocycles. The fourth-order valence-electron chi connectivity index (χ4n) is 2.88. The van der Waals surface area contributed by atoms with Gasteiger partial charge in [-0.2, -0.15) is 0 Å². The Morgan fingerprint density at radius 3 is 2.71 bits per heavy atom. The van der Waals surface area contributed by atoms with E-state index in [9.17, 15) is 8.42 Å². The molecule has 118 valence electrons. The van der Waals surface area contributed by atoms with E-state index in [0.717, 1.165) is 30.5 Å². The molecule has 1 aromatic carbocycles. The number of sulfonamides is 1. The summed E-state index contributed by atoms with van der Waals surface area (Å²) in [5, 5.41) is 3.37.